The van der Waals surface area contributed by atoms with Crippen LogP contribution in [0.5, 0.6) is 5.75 Å². The van der Waals surface area contributed by atoms with Gasteiger partial charge in [0.05, 0.1) is 27.3 Å². The molecule has 1 N–H and O–H groups in total. The van der Waals surface area contributed by atoms with Gasteiger partial charge in [-0.25, -0.2) is 9.69 Å². The van der Waals surface area contributed by atoms with E-state index in [4.69, 9.17) is 27.9 Å². The Kier molecular flexibility index (Phi) is 8.25. The lowest BCUT2D eigenvalue weighted by molar-refractivity contribution is -0.384. The number of anilines is 1. The summed E-state index contributed by atoms with van der Waals surface area (Å²) in [6, 6.07) is 6.80. The minimum Gasteiger partial charge on any atom is -0.490 e. The van der Waals surface area contributed by atoms with Gasteiger partial charge in [-0.05, 0) is 42.3 Å². The van der Waals surface area contributed by atoms with Gasteiger partial charge in [0.1, 0.15) is 5.57 Å². The maximum atomic E-state index is 13.0. The minimum absolute atomic E-state index is 0.0642. The Bertz CT molecular complexity index is 1140. The molecule has 1 fully saturated rings. The molecule has 0 spiro atoms. The number of imide groups is 2. The van der Waals surface area contributed by atoms with Crippen molar-refractivity contribution in [2.75, 3.05) is 11.5 Å². The van der Waals surface area contributed by atoms with Crippen LogP contribution < -0.4 is 15.0 Å². The number of rotatable bonds is 9. The Morgan fingerprint density at radius 2 is 1.71 bits per heavy atom. The van der Waals surface area contributed by atoms with Crippen molar-refractivity contribution in [1.29, 1.82) is 0 Å². The number of hydrogen-bond acceptors (Lipinski definition) is 6. The zero-order chi connectivity index (χ0) is 24.8. The molecule has 34 heavy (non-hydrogen) atoms. The van der Waals surface area contributed by atoms with Crippen LogP contribution in [0.25, 0.3) is 6.08 Å². The van der Waals surface area contributed by atoms with Crippen molar-refractivity contribution in [1.82, 2.24) is 5.32 Å². The molecule has 11 heteroatoms. The number of benzene rings is 2. The molecular weight excluding hydrogens is 485 g/mol. The molecule has 1 aliphatic rings. The molecule has 0 radical (unpaired) electrons. The standard InChI is InChI=1S/C23H21Cl2N3O6/c1-2-3-4-5-10-34-20-18(24)12-14(13-19(20)25)11-17-21(29)26-23(31)27(22(17)30)15-6-8-16(9-7-15)28(32)33/h6-9,11-13H,2-5,10H2,1H3,(H,26,29,31)/b17-11-. The van der Waals surface area contributed by atoms with Crippen LogP contribution in [0.15, 0.2) is 42.0 Å². The van der Waals surface area contributed by atoms with Crippen molar-refractivity contribution >= 4 is 58.5 Å². The highest BCUT2D eigenvalue weighted by Crippen LogP contribution is 2.35. The average molecular weight is 506 g/mol. The Balaban J connectivity index is 1.85. The second-order valence-electron chi connectivity index (χ2n) is 7.45. The first kappa shape index (κ1) is 25.2. The number of carbonyl (C=O) groups excluding carboxylic acids is 3. The van der Waals surface area contributed by atoms with Crippen molar-refractivity contribution in [3.05, 3.63) is 67.7 Å². The highest BCUT2D eigenvalue weighted by molar-refractivity contribution is 6.40. The van der Waals surface area contributed by atoms with Crippen molar-refractivity contribution in [2.24, 2.45) is 0 Å². The maximum Gasteiger partial charge on any atom is 0.335 e. The van der Waals surface area contributed by atoms with Crippen molar-refractivity contribution in [3.8, 4) is 5.75 Å². The monoisotopic (exact) mass is 505 g/mol. The number of nitrogens with one attached hydrogen (secondary N) is 1. The van der Waals surface area contributed by atoms with Gasteiger partial charge < -0.3 is 4.74 Å². The summed E-state index contributed by atoms with van der Waals surface area (Å²) in [5.41, 5.74) is -0.130. The van der Waals surface area contributed by atoms with Crippen LogP contribution >= 0.6 is 23.2 Å². The van der Waals surface area contributed by atoms with Gasteiger partial charge in [-0.15, -0.1) is 0 Å². The van der Waals surface area contributed by atoms with Crippen molar-refractivity contribution < 1.29 is 24.0 Å². The third-order valence-electron chi connectivity index (χ3n) is 5.00. The molecule has 3 rings (SSSR count). The number of nitro groups is 1. The number of ether oxygens (including phenoxy) is 1. The first-order valence-electron chi connectivity index (χ1n) is 10.5. The molecule has 0 aromatic heterocycles. The van der Waals surface area contributed by atoms with E-state index in [1.54, 1.807) is 0 Å². The number of amides is 4. The number of nitrogens with zero attached hydrogens (tertiary/aromatic N) is 2. The van der Waals surface area contributed by atoms with Crippen LogP contribution in [0.4, 0.5) is 16.2 Å². The fourth-order valence-electron chi connectivity index (χ4n) is 3.29. The SMILES string of the molecule is CCCCCCOc1c(Cl)cc(/C=C2/C(=O)NC(=O)N(c3ccc([N+](=O)[O-])cc3)C2=O)cc1Cl. The summed E-state index contributed by atoms with van der Waals surface area (Å²) in [6.45, 7) is 2.56. The molecular formula is C23H21Cl2N3O6. The predicted octanol–water partition coefficient (Wildman–Crippen LogP) is 5.53. The molecule has 1 saturated heterocycles. The molecule has 0 aliphatic carbocycles. The van der Waals surface area contributed by atoms with Gasteiger partial charge in [0.25, 0.3) is 17.5 Å². The minimum atomic E-state index is -0.969. The quantitative estimate of drug-likeness (QED) is 0.157. The molecule has 9 nitrogen and oxygen atoms in total. The zero-order valence-corrected chi connectivity index (χ0v) is 19.7. The van der Waals surface area contributed by atoms with E-state index in [-0.39, 0.29) is 27.0 Å². The topological polar surface area (TPSA) is 119 Å². The summed E-state index contributed by atoms with van der Waals surface area (Å²) < 4.78 is 5.69. The molecule has 0 bridgehead atoms. The van der Waals surface area contributed by atoms with Gasteiger partial charge in [0.15, 0.2) is 5.75 Å². The van der Waals surface area contributed by atoms with E-state index < -0.39 is 22.8 Å². The van der Waals surface area contributed by atoms with Crippen LogP contribution in [-0.4, -0.2) is 29.4 Å². The highest BCUT2D eigenvalue weighted by atomic mass is 35.5. The second-order valence-corrected chi connectivity index (χ2v) is 8.27. The van der Waals surface area contributed by atoms with Gasteiger partial charge >= 0.3 is 6.03 Å². The molecule has 0 saturated carbocycles. The van der Waals surface area contributed by atoms with E-state index in [2.05, 4.69) is 12.2 Å². The molecule has 2 aromatic rings. The fraction of sp³-hybridized carbons (Fsp3) is 0.261. The van der Waals surface area contributed by atoms with Gasteiger partial charge in [0.2, 0.25) is 0 Å². The smallest absolute Gasteiger partial charge is 0.335 e. The van der Waals surface area contributed by atoms with Gasteiger partial charge in [-0.3, -0.25) is 25.0 Å². The lowest BCUT2D eigenvalue weighted by Crippen LogP contribution is -2.54. The molecule has 2 aromatic carbocycles. The molecule has 1 aliphatic heterocycles. The third kappa shape index (κ3) is 5.73. The number of unbranched alkanes of at least 4 members (excludes halogenated alkanes) is 3. The number of halogens is 2. The summed E-state index contributed by atoms with van der Waals surface area (Å²) in [5, 5.41) is 13.4. The van der Waals surface area contributed by atoms with E-state index in [1.165, 1.54) is 30.3 Å². The maximum absolute atomic E-state index is 13.0. The second kappa shape index (κ2) is 11.1. The Morgan fingerprint density at radius 1 is 1.06 bits per heavy atom. The van der Waals surface area contributed by atoms with E-state index >= 15 is 0 Å². The Hall–Kier alpha value is -3.43. The van der Waals surface area contributed by atoms with Crippen molar-refractivity contribution in [2.45, 2.75) is 32.6 Å². The molecule has 0 unspecified atom stereocenters. The van der Waals surface area contributed by atoms with Gasteiger partial charge in [-0.1, -0.05) is 49.4 Å². The average Bonchev–Trinajstić information content (AvgIpc) is 2.78. The highest BCUT2D eigenvalue weighted by Gasteiger charge is 2.37. The van der Waals surface area contributed by atoms with E-state index in [1.807, 2.05) is 0 Å². The first-order chi connectivity index (χ1) is 16.2. The van der Waals surface area contributed by atoms with Gasteiger partial charge in [0, 0.05) is 12.1 Å². The fourth-order valence-corrected chi connectivity index (χ4v) is 3.90. The number of urea groups is 1. The van der Waals surface area contributed by atoms with Crippen molar-refractivity contribution in [3.63, 3.8) is 0 Å². The summed E-state index contributed by atoms with van der Waals surface area (Å²) in [4.78, 5) is 48.6. The Labute approximate surface area is 205 Å². The van der Waals surface area contributed by atoms with E-state index in [0.717, 1.165) is 37.8 Å². The van der Waals surface area contributed by atoms with Crippen LogP contribution in [0.1, 0.15) is 38.2 Å². The van der Waals surface area contributed by atoms with E-state index in [9.17, 15) is 24.5 Å². The van der Waals surface area contributed by atoms with Gasteiger partial charge in [-0.2, -0.15) is 0 Å². The number of carbonyl (C=O) groups is 3. The number of non-ortho nitro benzene ring substituents is 1. The summed E-state index contributed by atoms with van der Waals surface area (Å²) in [7, 11) is 0. The normalized spacial score (nSPS) is 15.0. The lowest BCUT2D eigenvalue weighted by atomic mass is 10.1. The Morgan fingerprint density at radius 3 is 2.29 bits per heavy atom. The first-order valence-corrected chi connectivity index (χ1v) is 11.3. The van der Waals surface area contributed by atoms with E-state index in [0.29, 0.717) is 22.8 Å². The number of hydrogen-bond donors (Lipinski definition) is 1. The molecule has 1 heterocycles. The molecule has 178 valence electrons. The van der Waals surface area contributed by atoms with Crippen LogP contribution in [0.3, 0.4) is 0 Å². The summed E-state index contributed by atoms with van der Waals surface area (Å²) in [6.07, 6.45) is 5.34. The predicted molar refractivity (Wildman–Crippen MR) is 128 cm³/mol. The number of nitro benzene ring substituents is 1. The zero-order valence-electron chi connectivity index (χ0n) is 18.2. The molecule has 4 amide bonds. The largest absolute Gasteiger partial charge is 0.490 e. The summed E-state index contributed by atoms with van der Waals surface area (Å²) in [5.74, 6) is -1.48. The molecule has 0 atom stereocenters. The van der Waals surface area contributed by atoms with Crippen LogP contribution in [0, 0.1) is 10.1 Å². The summed E-state index contributed by atoms with van der Waals surface area (Å²) >= 11 is 12.6. The number of barbiturate groups is 1. The lowest BCUT2D eigenvalue weighted by Gasteiger charge is -2.26. The van der Waals surface area contributed by atoms with Crippen LogP contribution in [-0.2, 0) is 9.59 Å². The van der Waals surface area contributed by atoms with Crippen LogP contribution in [0.2, 0.25) is 10.0 Å². The third-order valence-corrected chi connectivity index (χ3v) is 5.56.